The Bertz CT molecular complexity index is 827. The SMILES string of the molecule is O=[N+]([O-])c1c(C=Cc2ccncc2)ccc2ccccc12. The molecule has 0 unspecified atom stereocenters. The second-order valence-corrected chi connectivity index (χ2v) is 4.60. The molecular weight excluding hydrogens is 264 g/mol. The number of hydrogen-bond donors (Lipinski definition) is 0. The van der Waals surface area contributed by atoms with E-state index in [0.29, 0.717) is 10.9 Å². The van der Waals surface area contributed by atoms with Crippen molar-refractivity contribution in [3.63, 3.8) is 0 Å². The Kier molecular flexibility index (Phi) is 3.43. The lowest BCUT2D eigenvalue weighted by Crippen LogP contribution is -1.93. The Labute approximate surface area is 121 Å². The van der Waals surface area contributed by atoms with E-state index in [1.165, 1.54) is 0 Å². The van der Waals surface area contributed by atoms with Gasteiger partial charge in [-0.2, -0.15) is 0 Å². The van der Waals surface area contributed by atoms with Crippen molar-refractivity contribution in [1.82, 2.24) is 4.98 Å². The molecule has 1 heterocycles. The Morgan fingerprint density at radius 1 is 0.952 bits per heavy atom. The molecule has 0 radical (unpaired) electrons. The first-order valence-corrected chi connectivity index (χ1v) is 6.50. The van der Waals surface area contributed by atoms with Gasteiger partial charge in [-0.1, -0.05) is 30.3 Å². The molecule has 0 N–H and O–H groups in total. The maximum absolute atomic E-state index is 11.4. The number of nitrogens with zero attached hydrogens (tertiary/aromatic N) is 2. The summed E-state index contributed by atoms with van der Waals surface area (Å²) in [6, 6.07) is 14.7. The molecule has 3 aromatic rings. The minimum atomic E-state index is -0.325. The molecule has 0 aliphatic heterocycles. The lowest BCUT2D eigenvalue weighted by atomic mass is 10.0. The fourth-order valence-electron chi connectivity index (χ4n) is 2.27. The monoisotopic (exact) mass is 276 g/mol. The van der Waals surface area contributed by atoms with Gasteiger partial charge >= 0.3 is 0 Å². The van der Waals surface area contributed by atoms with Crippen LogP contribution in [0.2, 0.25) is 0 Å². The van der Waals surface area contributed by atoms with E-state index >= 15 is 0 Å². The molecule has 0 fully saturated rings. The van der Waals surface area contributed by atoms with E-state index in [0.717, 1.165) is 10.9 Å². The predicted molar refractivity (Wildman–Crippen MR) is 83.8 cm³/mol. The summed E-state index contributed by atoms with van der Waals surface area (Å²) in [7, 11) is 0. The molecule has 4 nitrogen and oxygen atoms in total. The van der Waals surface area contributed by atoms with Crippen LogP contribution in [0.1, 0.15) is 11.1 Å². The van der Waals surface area contributed by atoms with E-state index in [9.17, 15) is 10.1 Å². The van der Waals surface area contributed by atoms with Crippen molar-refractivity contribution < 1.29 is 4.92 Å². The van der Waals surface area contributed by atoms with Gasteiger partial charge in [-0.3, -0.25) is 15.1 Å². The van der Waals surface area contributed by atoms with Gasteiger partial charge in [0.15, 0.2) is 0 Å². The molecule has 3 rings (SSSR count). The van der Waals surface area contributed by atoms with E-state index in [4.69, 9.17) is 0 Å². The van der Waals surface area contributed by atoms with Crippen LogP contribution in [0.4, 0.5) is 5.69 Å². The molecule has 0 spiro atoms. The van der Waals surface area contributed by atoms with Crippen LogP contribution in [0, 0.1) is 10.1 Å². The largest absolute Gasteiger partial charge is 0.284 e. The van der Waals surface area contributed by atoms with Crippen molar-refractivity contribution in [2.24, 2.45) is 0 Å². The molecule has 0 saturated heterocycles. The number of benzene rings is 2. The van der Waals surface area contributed by atoms with Gasteiger partial charge in [0.2, 0.25) is 0 Å². The first-order chi connectivity index (χ1) is 10.3. The van der Waals surface area contributed by atoms with Gasteiger partial charge in [0.1, 0.15) is 0 Å². The molecule has 102 valence electrons. The Morgan fingerprint density at radius 2 is 1.71 bits per heavy atom. The summed E-state index contributed by atoms with van der Waals surface area (Å²) in [5.41, 5.74) is 1.68. The van der Waals surface area contributed by atoms with Gasteiger partial charge in [-0.25, -0.2) is 0 Å². The summed E-state index contributed by atoms with van der Waals surface area (Å²) in [4.78, 5) is 15.0. The molecule has 0 aliphatic carbocycles. The van der Waals surface area contributed by atoms with Crippen molar-refractivity contribution in [1.29, 1.82) is 0 Å². The molecule has 0 amide bonds. The van der Waals surface area contributed by atoms with Gasteiger partial charge < -0.3 is 0 Å². The number of aromatic nitrogens is 1. The van der Waals surface area contributed by atoms with Crippen LogP contribution in [0.5, 0.6) is 0 Å². The van der Waals surface area contributed by atoms with E-state index in [2.05, 4.69) is 4.98 Å². The summed E-state index contributed by atoms with van der Waals surface area (Å²) >= 11 is 0. The third-order valence-corrected chi connectivity index (χ3v) is 3.28. The van der Waals surface area contributed by atoms with Gasteiger partial charge in [0.25, 0.3) is 5.69 Å². The average Bonchev–Trinajstić information content (AvgIpc) is 2.53. The molecular formula is C17H12N2O2. The highest BCUT2D eigenvalue weighted by Gasteiger charge is 2.15. The number of rotatable bonds is 3. The zero-order valence-corrected chi connectivity index (χ0v) is 11.1. The van der Waals surface area contributed by atoms with Crippen molar-refractivity contribution >= 4 is 28.6 Å². The third-order valence-electron chi connectivity index (χ3n) is 3.28. The quantitative estimate of drug-likeness (QED) is 0.529. The molecule has 0 atom stereocenters. The lowest BCUT2D eigenvalue weighted by molar-refractivity contribution is -0.383. The van der Waals surface area contributed by atoms with Gasteiger partial charge in [-0.05, 0) is 41.3 Å². The average molecular weight is 276 g/mol. The van der Waals surface area contributed by atoms with E-state index in [1.807, 2.05) is 42.5 Å². The van der Waals surface area contributed by atoms with Crippen LogP contribution in [0.3, 0.4) is 0 Å². The minimum absolute atomic E-state index is 0.137. The standard InChI is InChI=1S/C17H12N2O2/c20-19(21)17-15(6-5-13-9-11-18-12-10-13)8-7-14-3-1-2-4-16(14)17/h1-12H. The number of nitro benzene ring substituents is 1. The fraction of sp³-hybridized carbons (Fsp3) is 0. The lowest BCUT2D eigenvalue weighted by Gasteiger charge is -2.03. The number of pyridine rings is 1. The van der Waals surface area contributed by atoms with Crippen LogP contribution < -0.4 is 0 Å². The number of hydrogen-bond acceptors (Lipinski definition) is 3. The zero-order valence-electron chi connectivity index (χ0n) is 11.1. The predicted octanol–water partition coefficient (Wildman–Crippen LogP) is 4.31. The maximum atomic E-state index is 11.4. The molecule has 4 heteroatoms. The summed E-state index contributed by atoms with van der Waals surface area (Å²) in [6.45, 7) is 0. The normalized spacial score (nSPS) is 11.0. The molecule has 0 saturated carbocycles. The topological polar surface area (TPSA) is 56.0 Å². The van der Waals surface area contributed by atoms with Gasteiger partial charge in [-0.15, -0.1) is 0 Å². The maximum Gasteiger partial charge on any atom is 0.284 e. The first kappa shape index (κ1) is 13.0. The van der Waals surface area contributed by atoms with E-state index < -0.39 is 0 Å². The molecule has 2 aromatic carbocycles. The first-order valence-electron chi connectivity index (χ1n) is 6.50. The second kappa shape index (κ2) is 5.54. The molecule has 21 heavy (non-hydrogen) atoms. The van der Waals surface area contributed by atoms with Crippen molar-refractivity contribution in [3.05, 3.63) is 82.2 Å². The van der Waals surface area contributed by atoms with E-state index in [1.54, 1.807) is 30.6 Å². The Morgan fingerprint density at radius 3 is 2.48 bits per heavy atom. The van der Waals surface area contributed by atoms with Crippen LogP contribution in [-0.4, -0.2) is 9.91 Å². The highest BCUT2D eigenvalue weighted by molar-refractivity contribution is 5.95. The Hall–Kier alpha value is -3.01. The van der Waals surface area contributed by atoms with Crippen LogP contribution in [0.15, 0.2) is 60.9 Å². The van der Waals surface area contributed by atoms with Crippen LogP contribution in [-0.2, 0) is 0 Å². The summed E-state index contributed by atoms with van der Waals surface area (Å²) in [5, 5.41) is 12.9. The number of fused-ring (bicyclic) bond motifs is 1. The minimum Gasteiger partial charge on any atom is -0.265 e. The fourth-order valence-corrected chi connectivity index (χ4v) is 2.27. The third kappa shape index (κ3) is 2.65. The van der Waals surface area contributed by atoms with Crippen molar-refractivity contribution in [3.8, 4) is 0 Å². The Balaban J connectivity index is 2.12. The van der Waals surface area contributed by atoms with Crippen LogP contribution >= 0.6 is 0 Å². The van der Waals surface area contributed by atoms with Crippen molar-refractivity contribution in [2.75, 3.05) is 0 Å². The molecule has 0 aliphatic rings. The second-order valence-electron chi connectivity index (χ2n) is 4.60. The highest BCUT2D eigenvalue weighted by atomic mass is 16.6. The van der Waals surface area contributed by atoms with Crippen LogP contribution in [0.25, 0.3) is 22.9 Å². The highest BCUT2D eigenvalue weighted by Crippen LogP contribution is 2.30. The van der Waals surface area contributed by atoms with Crippen molar-refractivity contribution in [2.45, 2.75) is 0 Å². The summed E-state index contributed by atoms with van der Waals surface area (Å²) in [6.07, 6.45) is 6.99. The summed E-state index contributed by atoms with van der Waals surface area (Å²) < 4.78 is 0. The smallest absolute Gasteiger partial charge is 0.265 e. The zero-order chi connectivity index (χ0) is 14.7. The van der Waals surface area contributed by atoms with E-state index in [-0.39, 0.29) is 10.6 Å². The number of nitro groups is 1. The van der Waals surface area contributed by atoms with Gasteiger partial charge in [0, 0.05) is 12.4 Å². The summed E-state index contributed by atoms with van der Waals surface area (Å²) in [5.74, 6) is 0. The van der Waals surface area contributed by atoms with Gasteiger partial charge in [0.05, 0.1) is 15.9 Å². The molecule has 0 bridgehead atoms. The molecule has 1 aromatic heterocycles.